The van der Waals surface area contributed by atoms with Gasteiger partial charge in [-0.1, -0.05) is 0 Å². The van der Waals surface area contributed by atoms with Gasteiger partial charge in [0.15, 0.2) is 0 Å². The molecular formula is C15H19NS2. The van der Waals surface area contributed by atoms with Crippen LogP contribution in [0.25, 0.3) is 0 Å². The average Bonchev–Trinajstić information content (AvgIpc) is 2.91. The second-order valence-electron chi connectivity index (χ2n) is 5.15. The minimum atomic E-state index is 0.0746. The third-order valence-electron chi connectivity index (χ3n) is 3.74. The topological polar surface area (TPSA) is 26.0 Å². The molecule has 1 aliphatic rings. The Balaban J connectivity index is 1.94. The van der Waals surface area contributed by atoms with Crippen molar-refractivity contribution < 1.29 is 0 Å². The van der Waals surface area contributed by atoms with Gasteiger partial charge in [-0.15, -0.1) is 22.7 Å². The molecule has 1 aliphatic carbocycles. The van der Waals surface area contributed by atoms with Gasteiger partial charge in [-0.3, -0.25) is 0 Å². The Bertz CT molecular complexity index is 542. The summed E-state index contributed by atoms with van der Waals surface area (Å²) in [4.78, 5) is 5.66. The van der Waals surface area contributed by atoms with Crippen LogP contribution in [0.1, 0.15) is 49.5 Å². The molecule has 0 aliphatic heterocycles. The SMILES string of the molecule is Cc1cc(C(N)c2cc3c(s2)CCCC3)c(C)s1. The first-order valence-electron chi connectivity index (χ1n) is 6.59. The van der Waals surface area contributed by atoms with Gasteiger partial charge in [0.2, 0.25) is 0 Å². The normalized spacial score (nSPS) is 16.6. The van der Waals surface area contributed by atoms with Gasteiger partial charge in [0.25, 0.3) is 0 Å². The number of hydrogen-bond donors (Lipinski definition) is 1. The van der Waals surface area contributed by atoms with Crippen molar-refractivity contribution >= 4 is 22.7 Å². The van der Waals surface area contributed by atoms with Gasteiger partial charge < -0.3 is 5.73 Å². The van der Waals surface area contributed by atoms with E-state index in [4.69, 9.17) is 5.73 Å². The van der Waals surface area contributed by atoms with E-state index < -0.39 is 0 Å². The maximum Gasteiger partial charge on any atom is 0.0657 e. The monoisotopic (exact) mass is 277 g/mol. The molecule has 1 unspecified atom stereocenters. The first kappa shape index (κ1) is 12.4. The van der Waals surface area contributed by atoms with Crippen LogP contribution in [0.5, 0.6) is 0 Å². The van der Waals surface area contributed by atoms with Gasteiger partial charge in [0.1, 0.15) is 0 Å². The highest BCUT2D eigenvalue weighted by Crippen LogP contribution is 2.36. The summed E-state index contributed by atoms with van der Waals surface area (Å²) in [7, 11) is 0. The lowest BCUT2D eigenvalue weighted by atomic mass is 9.98. The lowest BCUT2D eigenvalue weighted by Gasteiger charge is -2.08. The molecule has 0 saturated carbocycles. The Morgan fingerprint density at radius 2 is 1.89 bits per heavy atom. The van der Waals surface area contributed by atoms with Crippen LogP contribution >= 0.6 is 22.7 Å². The summed E-state index contributed by atoms with van der Waals surface area (Å²) in [5, 5.41) is 0. The lowest BCUT2D eigenvalue weighted by molar-refractivity contribution is 0.696. The number of thiophene rings is 2. The number of rotatable bonds is 2. The Morgan fingerprint density at radius 1 is 1.11 bits per heavy atom. The molecule has 0 radical (unpaired) electrons. The molecule has 0 amide bonds. The van der Waals surface area contributed by atoms with E-state index in [2.05, 4.69) is 26.0 Å². The van der Waals surface area contributed by atoms with E-state index >= 15 is 0 Å². The van der Waals surface area contributed by atoms with Crippen molar-refractivity contribution in [2.45, 2.75) is 45.6 Å². The van der Waals surface area contributed by atoms with E-state index in [-0.39, 0.29) is 6.04 Å². The summed E-state index contributed by atoms with van der Waals surface area (Å²) in [6.45, 7) is 4.34. The van der Waals surface area contributed by atoms with Gasteiger partial charge in [0.05, 0.1) is 6.04 Å². The third kappa shape index (κ3) is 2.15. The fourth-order valence-corrected chi connectivity index (χ4v) is 5.03. The molecule has 2 aromatic rings. The van der Waals surface area contributed by atoms with Gasteiger partial charge in [-0.25, -0.2) is 0 Å². The highest BCUT2D eigenvalue weighted by molar-refractivity contribution is 7.12. The molecule has 18 heavy (non-hydrogen) atoms. The molecule has 0 bridgehead atoms. The largest absolute Gasteiger partial charge is 0.320 e. The molecule has 0 fully saturated rings. The molecule has 1 nitrogen and oxygen atoms in total. The lowest BCUT2D eigenvalue weighted by Crippen LogP contribution is -2.10. The quantitative estimate of drug-likeness (QED) is 0.867. The highest BCUT2D eigenvalue weighted by atomic mass is 32.1. The third-order valence-corrected chi connectivity index (χ3v) is 6.04. The van der Waals surface area contributed by atoms with E-state index in [1.807, 2.05) is 22.7 Å². The fourth-order valence-electron chi connectivity index (χ4n) is 2.78. The van der Waals surface area contributed by atoms with Crippen molar-refractivity contribution in [2.75, 3.05) is 0 Å². The van der Waals surface area contributed by atoms with Crippen LogP contribution in [0.4, 0.5) is 0 Å². The van der Waals surface area contributed by atoms with Crippen molar-refractivity contribution in [1.29, 1.82) is 0 Å². The molecule has 3 heteroatoms. The smallest absolute Gasteiger partial charge is 0.0657 e. The van der Waals surface area contributed by atoms with Crippen molar-refractivity contribution in [1.82, 2.24) is 0 Å². The van der Waals surface area contributed by atoms with Crippen molar-refractivity contribution in [2.24, 2.45) is 5.73 Å². The minimum absolute atomic E-state index is 0.0746. The van der Waals surface area contributed by atoms with Crippen molar-refractivity contribution in [3.05, 3.63) is 42.8 Å². The van der Waals surface area contributed by atoms with Crippen molar-refractivity contribution in [3.63, 3.8) is 0 Å². The summed E-state index contributed by atoms with van der Waals surface area (Å²) in [6, 6.07) is 4.69. The molecule has 0 spiro atoms. The standard InChI is InChI=1S/C15H19NS2/c1-9-7-12(10(2)17-9)15(16)14-8-11-5-3-4-6-13(11)18-14/h7-8,15H,3-6,16H2,1-2H3. The van der Waals surface area contributed by atoms with Gasteiger partial charge in [0, 0.05) is 19.5 Å². The maximum atomic E-state index is 6.46. The van der Waals surface area contributed by atoms with E-state index in [0.29, 0.717) is 0 Å². The zero-order valence-electron chi connectivity index (χ0n) is 11.0. The molecular weight excluding hydrogens is 258 g/mol. The molecule has 0 aromatic carbocycles. The van der Waals surface area contributed by atoms with Gasteiger partial charge in [-0.2, -0.15) is 0 Å². The summed E-state index contributed by atoms with van der Waals surface area (Å²) in [6.07, 6.45) is 5.20. The zero-order chi connectivity index (χ0) is 12.7. The second-order valence-corrected chi connectivity index (χ2v) is 7.78. The summed E-state index contributed by atoms with van der Waals surface area (Å²) in [5.74, 6) is 0. The van der Waals surface area contributed by atoms with E-state index in [1.54, 1.807) is 10.4 Å². The number of aryl methyl sites for hydroxylation is 4. The molecule has 3 rings (SSSR count). The maximum absolute atomic E-state index is 6.46. The van der Waals surface area contributed by atoms with Crippen LogP contribution in [0, 0.1) is 13.8 Å². The van der Waals surface area contributed by atoms with E-state index in [1.165, 1.54) is 45.9 Å². The Kier molecular flexibility index (Phi) is 3.31. The first-order valence-corrected chi connectivity index (χ1v) is 8.22. The molecule has 96 valence electrons. The molecule has 1 atom stereocenters. The highest BCUT2D eigenvalue weighted by Gasteiger charge is 2.19. The van der Waals surface area contributed by atoms with Crippen LogP contribution in [-0.4, -0.2) is 0 Å². The molecule has 2 aromatic heterocycles. The second kappa shape index (κ2) is 4.80. The Morgan fingerprint density at radius 3 is 2.56 bits per heavy atom. The predicted octanol–water partition coefficient (Wildman–Crippen LogP) is 4.35. The first-order chi connectivity index (χ1) is 8.65. The van der Waals surface area contributed by atoms with Gasteiger partial charge >= 0.3 is 0 Å². The van der Waals surface area contributed by atoms with E-state index in [0.717, 1.165) is 0 Å². The van der Waals surface area contributed by atoms with Crippen molar-refractivity contribution in [3.8, 4) is 0 Å². The Labute approximate surface area is 117 Å². The summed E-state index contributed by atoms with van der Waals surface area (Å²) in [5.41, 5.74) is 9.33. The van der Waals surface area contributed by atoms with Crippen LogP contribution in [0.3, 0.4) is 0 Å². The average molecular weight is 277 g/mol. The fraction of sp³-hybridized carbons (Fsp3) is 0.467. The summed E-state index contributed by atoms with van der Waals surface area (Å²) >= 11 is 3.79. The summed E-state index contributed by atoms with van der Waals surface area (Å²) < 4.78 is 0. The zero-order valence-corrected chi connectivity index (χ0v) is 12.6. The molecule has 2 heterocycles. The Hall–Kier alpha value is -0.640. The van der Waals surface area contributed by atoms with Crippen LogP contribution in [0.2, 0.25) is 0 Å². The molecule has 0 saturated heterocycles. The number of hydrogen-bond acceptors (Lipinski definition) is 3. The van der Waals surface area contributed by atoms with Crippen LogP contribution in [-0.2, 0) is 12.8 Å². The minimum Gasteiger partial charge on any atom is -0.320 e. The number of nitrogens with two attached hydrogens (primary N) is 1. The number of fused-ring (bicyclic) bond motifs is 1. The predicted molar refractivity (Wildman–Crippen MR) is 80.8 cm³/mol. The van der Waals surface area contributed by atoms with Crippen LogP contribution < -0.4 is 5.73 Å². The van der Waals surface area contributed by atoms with Gasteiger partial charge in [-0.05, 0) is 62.8 Å². The van der Waals surface area contributed by atoms with E-state index in [9.17, 15) is 0 Å². The van der Waals surface area contributed by atoms with Crippen LogP contribution in [0.15, 0.2) is 12.1 Å². The molecule has 2 N–H and O–H groups in total.